The number of phenols is 1. The van der Waals surface area contributed by atoms with Crippen LogP contribution in [0, 0.1) is 5.92 Å². The lowest BCUT2D eigenvalue weighted by Gasteiger charge is -2.27. The van der Waals surface area contributed by atoms with Crippen LogP contribution in [-0.2, 0) is 11.3 Å². The Morgan fingerprint density at radius 1 is 1.44 bits per heavy atom. The second-order valence-electron chi connectivity index (χ2n) is 4.89. The molecule has 2 N–H and O–H groups in total. The smallest absolute Gasteiger partial charge is 0.225 e. The van der Waals surface area contributed by atoms with E-state index in [1.807, 2.05) is 13.1 Å². The van der Waals surface area contributed by atoms with Crippen LogP contribution in [0.25, 0.3) is 0 Å². The van der Waals surface area contributed by atoms with E-state index in [0.717, 1.165) is 31.5 Å². The number of carbonyl (C=O) groups excluding carboxylic acids is 1. The van der Waals surface area contributed by atoms with Crippen molar-refractivity contribution in [3.05, 3.63) is 29.8 Å². The maximum absolute atomic E-state index is 12.2. The number of carbonyl (C=O) groups is 1. The SMILES string of the molecule is CN(Cc1cccc(O)c1)C(=O)C1CCNCC1. The second kappa shape index (κ2) is 5.87. The predicted molar refractivity (Wildman–Crippen MR) is 70.2 cm³/mol. The molecule has 1 fully saturated rings. The number of nitrogens with one attached hydrogen (secondary N) is 1. The van der Waals surface area contributed by atoms with Gasteiger partial charge in [-0.05, 0) is 43.6 Å². The lowest BCUT2D eigenvalue weighted by Crippen LogP contribution is -2.38. The average Bonchev–Trinajstić information content (AvgIpc) is 2.39. The van der Waals surface area contributed by atoms with E-state index in [-0.39, 0.29) is 17.6 Å². The van der Waals surface area contributed by atoms with E-state index in [1.165, 1.54) is 0 Å². The Morgan fingerprint density at radius 2 is 2.17 bits per heavy atom. The van der Waals surface area contributed by atoms with Crippen molar-refractivity contribution in [2.45, 2.75) is 19.4 Å². The Hall–Kier alpha value is -1.55. The first-order valence-corrected chi connectivity index (χ1v) is 6.40. The summed E-state index contributed by atoms with van der Waals surface area (Å²) in [6, 6.07) is 7.06. The van der Waals surface area contributed by atoms with E-state index < -0.39 is 0 Å². The van der Waals surface area contributed by atoms with Crippen LogP contribution in [0.15, 0.2) is 24.3 Å². The summed E-state index contributed by atoms with van der Waals surface area (Å²) < 4.78 is 0. The first kappa shape index (κ1) is 12.9. The highest BCUT2D eigenvalue weighted by Gasteiger charge is 2.23. The van der Waals surface area contributed by atoms with Crippen molar-refractivity contribution in [2.75, 3.05) is 20.1 Å². The van der Waals surface area contributed by atoms with E-state index in [4.69, 9.17) is 0 Å². The van der Waals surface area contributed by atoms with E-state index in [2.05, 4.69) is 5.32 Å². The third kappa shape index (κ3) is 3.23. The molecule has 0 saturated carbocycles. The molecule has 0 atom stereocenters. The number of rotatable bonds is 3. The Labute approximate surface area is 108 Å². The number of phenolic OH excluding ortho intramolecular Hbond substituents is 1. The van der Waals surface area contributed by atoms with Crippen LogP contribution < -0.4 is 5.32 Å². The molecule has 1 aromatic rings. The highest BCUT2D eigenvalue weighted by atomic mass is 16.3. The van der Waals surface area contributed by atoms with Crippen molar-refractivity contribution < 1.29 is 9.90 Å². The second-order valence-corrected chi connectivity index (χ2v) is 4.89. The van der Waals surface area contributed by atoms with Crippen LogP contribution in [0.1, 0.15) is 18.4 Å². The van der Waals surface area contributed by atoms with Gasteiger partial charge < -0.3 is 15.3 Å². The van der Waals surface area contributed by atoms with Crippen LogP contribution in [0.4, 0.5) is 0 Å². The van der Waals surface area contributed by atoms with E-state index in [0.29, 0.717) is 6.54 Å². The fraction of sp³-hybridized carbons (Fsp3) is 0.500. The molecular formula is C14H20N2O2. The molecule has 0 bridgehead atoms. The first-order valence-electron chi connectivity index (χ1n) is 6.40. The van der Waals surface area contributed by atoms with E-state index >= 15 is 0 Å². The van der Waals surface area contributed by atoms with Crippen molar-refractivity contribution in [1.82, 2.24) is 10.2 Å². The number of hydrogen-bond donors (Lipinski definition) is 2. The molecule has 4 heteroatoms. The molecule has 0 aromatic heterocycles. The van der Waals surface area contributed by atoms with Crippen molar-refractivity contribution in [3.63, 3.8) is 0 Å². The zero-order valence-corrected chi connectivity index (χ0v) is 10.7. The van der Waals surface area contributed by atoms with Gasteiger partial charge >= 0.3 is 0 Å². The van der Waals surface area contributed by atoms with Gasteiger partial charge in [0.05, 0.1) is 0 Å². The highest BCUT2D eigenvalue weighted by Crippen LogP contribution is 2.17. The molecule has 1 aromatic carbocycles. The van der Waals surface area contributed by atoms with Crippen LogP contribution in [-0.4, -0.2) is 36.1 Å². The zero-order chi connectivity index (χ0) is 13.0. The summed E-state index contributed by atoms with van der Waals surface area (Å²) in [6.45, 7) is 2.41. The number of hydrogen-bond acceptors (Lipinski definition) is 3. The van der Waals surface area contributed by atoms with Gasteiger partial charge in [0.2, 0.25) is 5.91 Å². The van der Waals surface area contributed by atoms with Gasteiger partial charge in [0.15, 0.2) is 0 Å². The van der Waals surface area contributed by atoms with Gasteiger partial charge in [0.25, 0.3) is 0 Å². The molecule has 18 heavy (non-hydrogen) atoms. The summed E-state index contributed by atoms with van der Waals surface area (Å²) >= 11 is 0. The highest BCUT2D eigenvalue weighted by molar-refractivity contribution is 5.78. The first-order chi connectivity index (χ1) is 8.66. The molecule has 0 radical (unpaired) electrons. The van der Waals surface area contributed by atoms with Crippen molar-refractivity contribution in [1.29, 1.82) is 0 Å². The fourth-order valence-electron chi connectivity index (χ4n) is 2.39. The monoisotopic (exact) mass is 248 g/mol. The molecule has 0 aliphatic carbocycles. The van der Waals surface area contributed by atoms with Gasteiger partial charge in [-0.25, -0.2) is 0 Å². The Bertz CT molecular complexity index is 414. The average molecular weight is 248 g/mol. The third-order valence-electron chi connectivity index (χ3n) is 3.39. The van der Waals surface area contributed by atoms with Gasteiger partial charge in [-0.3, -0.25) is 4.79 Å². The molecule has 0 unspecified atom stereocenters. The maximum Gasteiger partial charge on any atom is 0.225 e. The zero-order valence-electron chi connectivity index (χ0n) is 10.7. The Morgan fingerprint density at radius 3 is 2.83 bits per heavy atom. The quantitative estimate of drug-likeness (QED) is 0.849. The molecule has 1 saturated heterocycles. The van der Waals surface area contributed by atoms with Gasteiger partial charge in [0, 0.05) is 19.5 Å². The normalized spacial score (nSPS) is 16.5. The largest absolute Gasteiger partial charge is 0.508 e. The topological polar surface area (TPSA) is 52.6 Å². The van der Waals surface area contributed by atoms with Crippen molar-refractivity contribution >= 4 is 5.91 Å². The maximum atomic E-state index is 12.2. The van der Waals surface area contributed by atoms with Crippen molar-refractivity contribution in [3.8, 4) is 5.75 Å². The third-order valence-corrected chi connectivity index (χ3v) is 3.39. The van der Waals surface area contributed by atoms with Crippen molar-refractivity contribution in [2.24, 2.45) is 5.92 Å². The Kier molecular flexibility index (Phi) is 4.20. The molecule has 1 heterocycles. The minimum absolute atomic E-state index is 0.147. The number of aromatic hydroxyl groups is 1. The summed E-state index contributed by atoms with van der Waals surface area (Å²) in [6.07, 6.45) is 1.84. The number of piperidine rings is 1. The lowest BCUT2D eigenvalue weighted by molar-refractivity contribution is -0.135. The minimum atomic E-state index is 0.147. The van der Waals surface area contributed by atoms with Gasteiger partial charge in [-0.2, -0.15) is 0 Å². The molecule has 1 aliphatic heterocycles. The summed E-state index contributed by atoms with van der Waals surface area (Å²) in [4.78, 5) is 14.0. The molecule has 1 amide bonds. The van der Waals surface area contributed by atoms with E-state index in [1.54, 1.807) is 23.1 Å². The molecular weight excluding hydrogens is 228 g/mol. The van der Waals surface area contributed by atoms with Crippen LogP contribution in [0.2, 0.25) is 0 Å². The Balaban J connectivity index is 1.94. The van der Waals surface area contributed by atoms with Crippen LogP contribution in [0.5, 0.6) is 5.75 Å². The molecule has 2 rings (SSSR count). The van der Waals surface area contributed by atoms with Gasteiger partial charge in [0.1, 0.15) is 5.75 Å². The fourth-order valence-corrected chi connectivity index (χ4v) is 2.39. The summed E-state index contributed by atoms with van der Waals surface area (Å²) in [5.74, 6) is 0.601. The molecule has 1 aliphatic rings. The number of amides is 1. The predicted octanol–water partition coefficient (Wildman–Crippen LogP) is 1.35. The molecule has 4 nitrogen and oxygen atoms in total. The standard InChI is InChI=1S/C14H20N2O2/c1-16(10-11-3-2-4-13(17)9-11)14(18)12-5-7-15-8-6-12/h2-4,9,12,15,17H,5-8,10H2,1H3. The van der Waals surface area contributed by atoms with Crippen LogP contribution in [0.3, 0.4) is 0 Å². The van der Waals surface area contributed by atoms with Crippen LogP contribution >= 0.6 is 0 Å². The van der Waals surface area contributed by atoms with Gasteiger partial charge in [-0.15, -0.1) is 0 Å². The summed E-state index contributed by atoms with van der Waals surface area (Å²) in [5.41, 5.74) is 0.958. The molecule has 0 spiro atoms. The minimum Gasteiger partial charge on any atom is -0.508 e. The van der Waals surface area contributed by atoms with E-state index in [9.17, 15) is 9.90 Å². The number of benzene rings is 1. The molecule has 98 valence electrons. The summed E-state index contributed by atoms with van der Waals surface area (Å²) in [7, 11) is 1.83. The lowest BCUT2D eigenvalue weighted by atomic mass is 9.96. The van der Waals surface area contributed by atoms with Gasteiger partial charge in [-0.1, -0.05) is 12.1 Å². The number of nitrogens with zero attached hydrogens (tertiary/aromatic N) is 1. The summed E-state index contributed by atoms with van der Waals surface area (Å²) in [5, 5.41) is 12.7.